The normalized spacial score (nSPS) is 24.3. The summed E-state index contributed by atoms with van der Waals surface area (Å²) in [6.07, 6.45) is 13.1. The first-order chi connectivity index (χ1) is 5.95. The molecule has 1 nitrogen and oxygen atoms in total. The van der Waals surface area contributed by atoms with E-state index in [0.29, 0.717) is 0 Å². The molecule has 0 N–H and O–H groups in total. The third kappa shape index (κ3) is 1.98. The van der Waals surface area contributed by atoms with Crippen molar-refractivity contribution in [2.45, 2.75) is 19.3 Å². The molecule has 1 heterocycles. The monoisotopic (exact) mass is 163 g/mol. The van der Waals surface area contributed by atoms with Crippen LogP contribution in [0.25, 0.3) is 0 Å². The molecule has 0 unspecified atom stereocenters. The number of hydrogen-bond acceptors (Lipinski definition) is 1. The second-order valence-corrected chi connectivity index (χ2v) is 3.77. The Bertz CT molecular complexity index is 175. The Hall–Kier alpha value is -0.560. The summed E-state index contributed by atoms with van der Waals surface area (Å²) in [6, 6.07) is 0. The Morgan fingerprint density at radius 2 is 1.75 bits per heavy atom. The predicted octanol–water partition coefficient (Wildman–Crippen LogP) is 2.21. The third-order valence-electron chi connectivity index (χ3n) is 2.81. The molecule has 0 bridgehead atoms. The minimum atomic E-state index is 0.727. The molecule has 0 spiro atoms. The van der Waals surface area contributed by atoms with Crippen LogP contribution in [0, 0.1) is 5.92 Å². The van der Waals surface area contributed by atoms with Crippen molar-refractivity contribution in [2.24, 2.45) is 5.92 Å². The average Bonchev–Trinajstić information content (AvgIpc) is 2.74. The number of hydrogen-bond donors (Lipinski definition) is 0. The largest absolute Gasteiger partial charge is 0.303 e. The Kier molecular flexibility index (Phi) is 2.62. The summed E-state index contributed by atoms with van der Waals surface area (Å²) in [6.45, 7) is 3.96. The number of rotatable bonds is 3. The summed E-state index contributed by atoms with van der Waals surface area (Å²) in [5, 5.41) is 0. The molecular weight excluding hydrogens is 146 g/mol. The maximum absolute atomic E-state index is 2.58. The lowest BCUT2D eigenvalue weighted by Gasteiger charge is -2.15. The molecule has 0 aromatic heterocycles. The SMILES string of the molecule is C1=CC(CCN2CCCC2)C=C1. The standard InChI is InChI=1S/C11H17N/c1-2-6-11(5-1)7-10-12-8-3-4-9-12/h1-2,5-6,11H,3-4,7-10H2. The van der Waals surface area contributed by atoms with Gasteiger partial charge in [-0.3, -0.25) is 0 Å². The minimum absolute atomic E-state index is 0.727. The molecule has 12 heavy (non-hydrogen) atoms. The van der Waals surface area contributed by atoms with Crippen molar-refractivity contribution >= 4 is 0 Å². The van der Waals surface area contributed by atoms with E-state index in [1.54, 1.807) is 0 Å². The lowest BCUT2D eigenvalue weighted by atomic mass is 10.1. The Morgan fingerprint density at radius 3 is 2.42 bits per heavy atom. The lowest BCUT2D eigenvalue weighted by Crippen LogP contribution is -2.21. The second kappa shape index (κ2) is 3.90. The fourth-order valence-electron chi connectivity index (χ4n) is 2.01. The van der Waals surface area contributed by atoms with E-state index in [0.717, 1.165) is 5.92 Å². The second-order valence-electron chi connectivity index (χ2n) is 3.77. The summed E-state index contributed by atoms with van der Waals surface area (Å²) < 4.78 is 0. The maximum Gasteiger partial charge on any atom is -0.00101 e. The van der Waals surface area contributed by atoms with Gasteiger partial charge in [-0.2, -0.15) is 0 Å². The van der Waals surface area contributed by atoms with E-state index in [2.05, 4.69) is 29.2 Å². The number of likely N-dealkylation sites (tertiary alicyclic amines) is 1. The first-order valence-corrected chi connectivity index (χ1v) is 5.02. The van der Waals surface area contributed by atoms with Crippen molar-refractivity contribution in [3.8, 4) is 0 Å². The van der Waals surface area contributed by atoms with Crippen LogP contribution in [0.3, 0.4) is 0 Å². The highest BCUT2D eigenvalue weighted by Crippen LogP contribution is 2.15. The van der Waals surface area contributed by atoms with E-state index >= 15 is 0 Å². The van der Waals surface area contributed by atoms with E-state index in [-0.39, 0.29) is 0 Å². The summed E-state index contributed by atoms with van der Waals surface area (Å²) in [4.78, 5) is 2.58. The van der Waals surface area contributed by atoms with Crippen molar-refractivity contribution in [1.29, 1.82) is 0 Å². The topological polar surface area (TPSA) is 3.24 Å². The van der Waals surface area contributed by atoms with Crippen molar-refractivity contribution < 1.29 is 0 Å². The fraction of sp³-hybridized carbons (Fsp3) is 0.636. The van der Waals surface area contributed by atoms with Gasteiger partial charge >= 0.3 is 0 Å². The first-order valence-electron chi connectivity index (χ1n) is 5.02. The number of allylic oxidation sites excluding steroid dienone is 4. The van der Waals surface area contributed by atoms with Gasteiger partial charge in [-0.1, -0.05) is 24.3 Å². The van der Waals surface area contributed by atoms with Crippen LogP contribution in [0.5, 0.6) is 0 Å². The van der Waals surface area contributed by atoms with Crippen molar-refractivity contribution in [2.75, 3.05) is 19.6 Å². The highest BCUT2D eigenvalue weighted by molar-refractivity contribution is 5.17. The van der Waals surface area contributed by atoms with E-state index in [9.17, 15) is 0 Å². The van der Waals surface area contributed by atoms with Crippen LogP contribution in [-0.2, 0) is 0 Å². The zero-order valence-corrected chi connectivity index (χ0v) is 7.58. The van der Waals surface area contributed by atoms with E-state index in [1.165, 1.54) is 38.9 Å². The molecule has 1 aliphatic heterocycles. The van der Waals surface area contributed by atoms with Gasteiger partial charge < -0.3 is 4.90 Å². The third-order valence-corrected chi connectivity index (χ3v) is 2.81. The van der Waals surface area contributed by atoms with Crippen LogP contribution in [-0.4, -0.2) is 24.5 Å². The van der Waals surface area contributed by atoms with E-state index in [4.69, 9.17) is 0 Å². The van der Waals surface area contributed by atoms with Crippen LogP contribution in [0.4, 0.5) is 0 Å². The molecule has 1 aliphatic carbocycles. The maximum atomic E-state index is 2.58. The quantitative estimate of drug-likeness (QED) is 0.616. The van der Waals surface area contributed by atoms with E-state index in [1.807, 2.05) is 0 Å². The zero-order valence-electron chi connectivity index (χ0n) is 7.58. The summed E-state index contributed by atoms with van der Waals surface area (Å²) in [7, 11) is 0. The molecule has 1 fully saturated rings. The van der Waals surface area contributed by atoms with Gasteiger partial charge in [0.05, 0.1) is 0 Å². The molecule has 0 aromatic carbocycles. The molecule has 2 rings (SSSR count). The number of nitrogens with zero attached hydrogens (tertiary/aromatic N) is 1. The van der Waals surface area contributed by atoms with Gasteiger partial charge in [-0.15, -0.1) is 0 Å². The summed E-state index contributed by atoms with van der Waals surface area (Å²) >= 11 is 0. The van der Waals surface area contributed by atoms with Gasteiger partial charge in [-0.25, -0.2) is 0 Å². The van der Waals surface area contributed by atoms with Gasteiger partial charge in [0.1, 0.15) is 0 Å². The predicted molar refractivity (Wildman–Crippen MR) is 52.1 cm³/mol. The first kappa shape index (κ1) is 8.06. The molecule has 2 aliphatic rings. The van der Waals surface area contributed by atoms with Crippen LogP contribution >= 0.6 is 0 Å². The Morgan fingerprint density at radius 1 is 1.08 bits per heavy atom. The zero-order chi connectivity index (χ0) is 8.23. The highest BCUT2D eigenvalue weighted by atomic mass is 15.1. The molecule has 0 aromatic rings. The Labute approximate surface area is 74.8 Å². The van der Waals surface area contributed by atoms with Crippen molar-refractivity contribution in [3.05, 3.63) is 24.3 Å². The van der Waals surface area contributed by atoms with Crippen LogP contribution < -0.4 is 0 Å². The average molecular weight is 163 g/mol. The fourth-order valence-corrected chi connectivity index (χ4v) is 2.01. The summed E-state index contributed by atoms with van der Waals surface area (Å²) in [5.41, 5.74) is 0. The lowest BCUT2D eigenvalue weighted by molar-refractivity contribution is 0.325. The van der Waals surface area contributed by atoms with Gasteiger partial charge in [-0.05, 0) is 44.8 Å². The smallest absolute Gasteiger partial charge is 0.00101 e. The molecule has 0 amide bonds. The highest BCUT2D eigenvalue weighted by Gasteiger charge is 2.12. The van der Waals surface area contributed by atoms with Crippen molar-refractivity contribution in [1.82, 2.24) is 4.90 Å². The minimum Gasteiger partial charge on any atom is -0.303 e. The van der Waals surface area contributed by atoms with Crippen LogP contribution in [0.2, 0.25) is 0 Å². The molecule has 0 saturated carbocycles. The molecule has 66 valence electrons. The Balaban J connectivity index is 1.67. The van der Waals surface area contributed by atoms with Gasteiger partial charge in [0, 0.05) is 0 Å². The molecule has 0 radical (unpaired) electrons. The van der Waals surface area contributed by atoms with Crippen LogP contribution in [0.1, 0.15) is 19.3 Å². The van der Waals surface area contributed by atoms with E-state index < -0.39 is 0 Å². The molecule has 1 heteroatoms. The molecular formula is C11H17N. The molecule has 0 atom stereocenters. The van der Waals surface area contributed by atoms with Gasteiger partial charge in [0.15, 0.2) is 0 Å². The molecule has 1 saturated heterocycles. The van der Waals surface area contributed by atoms with Gasteiger partial charge in [0.2, 0.25) is 0 Å². The van der Waals surface area contributed by atoms with Gasteiger partial charge in [0.25, 0.3) is 0 Å². The van der Waals surface area contributed by atoms with Crippen molar-refractivity contribution in [3.63, 3.8) is 0 Å². The summed E-state index contributed by atoms with van der Waals surface area (Å²) in [5.74, 6) is 0.727. The van der Waals surface area contributed by atoms with Crippen LogP contribution in [0.15, 0.2) is 24.3 Å².